The normalized spacial score (nSPS) is 9.47. The molecule has 1 rings (SSSR count). The van der Waals surface area contributed by atoms with Crippen LogP contribution in [0.25, 0.3) is 0 Å². The second-order valence-corrected chi connectivity index (χ2v) is 2.90. The summed E-state index contributed by atoms with van der Waals surface area (Å²) in [5.74, 6) is 0.856. The molecule has 0 atom stereocenters. The van der Waals surface area contributed by atoms with E-state index in [-0.39, 0.29) is 12.4 Å². The molecular weight excluding hydrogens is 196 g/mol. The number of Topliss-reactive ketones (excluding diaryl/α,β-unsaturated/α-hetero) is 1. The molecule has 4 heteroatoms. The number of methoxy groups -OCH3 is 1. The third-order valence-electron chi connectivity index (χ3n) is 1.88. The summed E-state index contributed by atoms with van der Waals surface area (Å²) < 4.78 is 10.1. The van der Waals surface area contributed by atoms with E-state index in [2.05, 4.69) is 0 Å². The van der Waals surface area contributed by atoms with Gasteiger partial charge in [-0.1, -0.05) is 0 Å². The topological polar surface area (TPSA) is 52.6 Å². The molecule has 0 heterocycles. The Labute approximate surface area is 87.8 Å². The Morgan fingerprint density at radius 1 is 1.40 bits per heavy atom. The van der Waals surface area contributed by atoms with E-state index in [4.69, 9.17) is 9.47 Å². The number of aldehydes is 1. The minimum Gasteiger partial charge on any atom is -0.493 e. The molecule has 0 aliphatic carbocycles. The Kier molecular flexibility index (Phi) is 3.85. The third kappa shape index (κ3) is 2.80. The van der Waals surface area contributed by atoms with Crippen molar-refractivity contribution < 1.29 is 19.1 Å². The summed E-state index contributed by atoms with van der Waals surface area (Å²) in [5, 5.41) is 0. The zero-order valence-corrected chi connectivity index (χ0v) is 8.65. The smallest absolute Gasteiger partial charge is 0.161 e. The van der Waals surface area contributed by atoms with E-state index in [0.29, 0.717) is 23.3 Å². The Balaban J connectivity index is 2.97. The third-order valence-corrected chi connectivity index (χ3v) is 1.88. The van der Waals surface area contributed by atoms with Crippen LogP contribution in [-0.4, -0.2) is 25.8 Å². The lowest BCUT2D eigenvalue weighted by atomic mass is 10.1. The number of carbonyl (C=O) groups excluding carboxylic acids is 2. The SMILES string of the molecule is COc1cc(C(C)=O)ccc1OCC=O. The number of carbonyl (C=O) groups is 2. The van der Waals surface area contributed by atoms with Gasteiger partial charge in [0.2, 0.25) is 0 Å². The van der Waals surface area contributed by atoms with Crippen molar-refractivity contribution in [3.8, 4) is 11.5 Å². The van der Waals surface area contributed by atoms with Crippen LogP contribution in [0.4, 0.5) is 0 Å². The first-order valence-electron chi connectivity index (χ1n) is 4.44. The quantitative estimate of drug-likeness (QED) is 0.543. The first-order valence-corrected chi connectivity index (χ1v) is 4.44. The molecule has 0 saturated heterocycles. The molecule has 4 nitrogen and oxygen atoms in total. The first kappa shape index (κ1) is 11.2. The fourth-order valence-corrected chi connectivity index (χ4v) is 1.13. The van der Waals surface area contributed by atoms with Crippen molar-refractivity contribution in [1.82, 2.24) is 0 Å². The van der Waals surface area contributed by atoms with E-state index in [1.165, 1.54) is 14.0 Å². The van der Waals surface area contributed by atoms with Crippen LogP contribution in [0, 0.1) is 0 Å². The molecule has 0 radical (unpaired) electrons. The fraction of sp³-hybridized carbons (Fsp3) is 0.273. The highest BCUT2D eigenvalue weighted by molar-refractivity contribution is 5.94. The average Bonchev–Trinajstić information content (AvgIpc) is 2.25. The number of hydrogen-bond donors (Lipinski definition) is 0. The largest absolute Gasteiger partial charge is 0.493 e. The molecular formula is C11H12O4. The summed E-state index contributed by atoms with van der Waals surface area (Å²) in [5.41, 5.74) is 0.547. The van der Waals surface area contributed by atoms with Crippen molar-refractivity contribution in [2.24, 2.45) is 0 Å². The second kappa shape index (κ2) is 5.14. The van der Waals surface area contributed by atoms with Gasteiger partial charge in [-0.05, 0) is 25.1 Å². The van der Waals surface area contributed by atoms with Gasteiger partial charge in [0.05, 0.1) is 7.11 Å². The standard InChI is InChI=1S/C11H12O4/c1-8(13)9-3-4-10(15-6-5-12)11(7-9)14-2/h3-5,7H,6H2,1-2H3. The van der Waals surface area contributed by atoms with E-state index in [9.17, 15) is 9.59 Å². The van der Waals surface area contributed by atoms with E-state index in [1.54, 1.807) is 18.2 Å². The Morgan fingerprint density at radius 3 is 2.67 bits per heavy atom. The maximum Gasteiger partial charge on any atom is 0.161 e. The van der Waals surface area contributed by atoms with Gasteiger partial charge in [-0.2, -0.15) is 0 Å². The lowest BCUT2D eigenvalue weighted by Gasteiger charge is -2.09. The monoisotopic (exact) mass is 208 g/mol. The first-order chi connectivity index (χ1) is 7.19. The number of rotatable bonds is 5. The maximum atomic E-state index is 11.1. The van der Waals surface area contributed by atoms with E-state index < -0.39 is 0 Å². The summed E-state index contributed by atoms with van der Waals surface area (Å²) in [6.45, 7) is 1.44. The Bertz CT molecular complexity index is 371. The molecule has 0 unspecified atom stereocenters. The van der Waals surface area contributed by atoms with Crippen LogP contribution in [0.1, 0.15) is 17.3 Å². The predicted molar refractivity (Wildman–Crippen MR) is 54.6 cm³/mol. The van der Waals surface area contributed by atoms with Gasteiger partial charge in [0, 0.05) is 5.56 Å². The molecule has 80 valence electrons. The number of hydrogen-bond acceptors (Lipinski definition) is 4. The van der Waals surface area contributed by atoms with Crippen molar-refractivity contribution in [2.45, 2.75) is 6.92 Å². The molecule has 0 aliphatic rings. The van der Waals surface area contributed by atoms with Gasteiger partial charge in [0.15, 0.2) is 23.6 Å². The van der Waals surface area contributed by atoms with Crippen molar-refractivity contribution in [1.29, 1.82) is 0 Å². The van der Waals surface area contributed by atoms with Gasteiger partial charge in [-0.15, -0.1) is 0 Å². The molecule has 0 amide bonds. The van der Waals surface area contributed by atoms with Crippen molar-refractivity contribution in [2.75, 3.05) is 13.7 Å². The molecule has 1 aromatic rings. The molecule has 1 aromatic carbocycles. The van der Waals surface area contributed by atoms with Gasteiger partial charge in [0.1, 0.15) is 6.61 Å². The van der Waals surface area contributed by atoms with Crippen molar-refractivity contribution in [3.05, 3.63) is 23.8 Å². The van der Waals surface area contributed by atoms with Gasteiger partial charge >= 0.3 is 0 Å². The van der Waals surface area contributed by atoms with Crippen LogP contribution in [0.5, 0.6) is 11.5 Å². The zero-order valence-electron chi connectivity index (χ0n) is 8.65. The maximum absolute atomic E-state index is 11.1. The fourth-order valence-electron chi connectivity index (χ4n) is 1.13. The van der Waals surface area contributed by atoms with Crippen molar-refractivity contribution in [3.63, 3.8) is 0 Å². The van der Waals surface area contributed by atoms with Crippen LogP contribution in [0.15, 0.2) is 18.2 Å². The molecule has 0 spiro atoms. The number of ketones is 1. The van der Waals surface area contributed by atoms with Crippen molar-refractivity contribution >= 4 is 12.1 Å². The highest BCUT2D eigenvalue weighted by Gasteiger charge is 2.07. The Hall–Kier alpha value is -1.84. The van der Waals surface area contributed by atoms with Gasteiger partial charge in [0.25, 0.3) is 0 Å². The highest BCUT2D eigenvalue weighted by Crippen LogP contribution is 2.27. The minimum absolute atomic E-state index is 0.0320. The predicted octanol–water partition coefficient (Wildman–Crippen LogP) is 1.48. The van der Waals surface area contributed by atoms with Gasteiger partial charge in [-0.3, -0.25) is 9.59 Å². The average molecular weight is 208 g/mol. The molecule has 0 aliphatic heterocycles. The van der Waals surface area contributed by atoms with Crippen LogP contribution in [0.2, 0.25) is 0 Å². The molecule has 0 saturated carbocycles. The van der Waals surface area contributed by atoms with Crippen LogP contribution in [-0.2, 0) is 4.79 Å². The lowest BCUT2D eigenvalue weighted by Crippen LogP contribution is -2.01. The summed E-state index contributed by atoms with van der Waals surface area (Å²) in [4.78, 5) is 21.2. The summed E-state index contributed by atoms with van der Waals surface area (Å²) >= 11 is 0. The van der Waals surface area contributed by atoms with Crippen LogP contribution < -0.4 is 9.47 Å². The summed E-state index contributed by atoms with van der Waals surface area (Å²) in [6.07, 6.45) is 0.651. The zero-order chi connectivity index (χ0) is 11.3. The van der Waals surface area contributed by atoms with E-state index in [0.717, 1.165) is 0 Å². The van der Waals surface area contributed by atoms with Crippen LogP contribution >= 0.6 is 0 Å². The highest BCUT2D eigenvalue weighted by atomic mass is 16.5. The van der Waals surface area contributed by atoms with E-state index >= 15 is 0 Å². The molecule has 0 fully saturated rings. The van der Waals surface area contributed by atoms with Crippen LogP contribution in [0.3, 0.4) is 0 Å². The minimum atomic E-state index is -0.0461. The molecule has 0 bridgehead atoms. The molecule has 0 aromatic heterocycles. The van der Waals surface area contributed by atoms with E-state index in [1.807, 2.05) is 0 Å². The Morgan fingerprint density at radius 2 is 2.13 bits per heavy atom. The number of benzene rings is 1. The van der Waals surface area contributed by atoms with Gasteiger partial charge < -0.3 is 9.47 Å². The lowest BCUT2D eigenvalue weighted by molar-refractivity contribution is -0.109. The second-order valence-electron chi connectivity index (χ2n) is 2.90. The summed E-state index contributed by atoms with van der Waals surface area (Å²) in [7, 11) is 1.48. The molecule has 0 N–H and O–H groups in total. The summed E-state index contributed by atoms with van der Waals surface area (Å²) in [6, 6.07) is 4.83. The van der Waals surface area contributed by atoms with Gasteiger partial charge in [-0.25, -0.2) is 0 Å². The molecule has 15 heavy (non-hydrogen) atoms. The number of ether oxygens (including phenoxy) is 2.